The number of aryl methyl sites for hydroxylation is 1. The van der Waals surface area contributed by atoms with Crippen molar-refractivity contribution in [2.45, 2.75) is 6.92 Å². The van der Waals surface area contributed by atoms with E-state index in [4.69, 9.17) is 9.84 Å². The molecule has 0 heterocycles. The average Bonchev–Trinajstić information content (AvgIpc) is 2.40. The van der Waals surface area contributed by atoms with Crippen LogP contribution in [0.2, 0.25) is 0 Å². The van der Waals surface area contributed by atoms with Crippen LogP contribution in [0.3, 0.4) is 0 Å². The van der Waals surface area contributed by atoms with Crippen molar-refractivity contribution >= 4 is 27.6 Å². The van der Waals surface area contributed by atoms with Gasteiger partial charge in [-0.25, -0.2) is 4.79 Å². The summed E-state index contributed by atoms with van der Waals surface area (Å²) in [5.41, 5.74) is 0.497. The van der Waals surface area contributed by atoms with E-state index in [0.29, 0.717) is 15.8 Å². The molecule has 2 rings (SSSR count). The zero-order valence-corrected chi connectivity index (χ0v) is 12.5. The van der Waals surface area contributed by atoms with Crippen molar-refractivity contribution in [2.24, 2.45) is 0 Å². The average molecular weight is 352 g/mol. The number of carbonyl (C=O) groups is 1. The monoisotopic (exact) mass is 351 g/mol. The fourth-order valence-electron chi connectivity index (χ4n) is 1.79. The number of nitrogens with zero attached hydrogens (tertiary/aromatic N) is 1. The maximum Gasteiger partial charge on any atom is 0.335 e. The first-order chi connectivity index (χ1) is 9.88. The van der Waals surface area contributed by atoms with E-state index in [9.17, 15) is 14.9 Å². The first-order valence-electron chi connectivity index (χ1n) is 5.84. The summed E-state index contributed by atoms with van der Waals surface area (Å²) >= 11 is 3.16. The first kappa shape index (κ1) is 15.0. The number of nitro groups is 1. The van der Waals surface area contributed by atoms with Crippen molar-refractivity contribution in [3.8, 4) is 11.5 Å². The van der Waals surface area contributed by atoms with Gasteiger partial charge in [-0.2, -0.15) is 0 Å². The van der Waals surface area contributed by atoms with Crippen LogP contribution in [-0.4, -0.2) is 16.0 Å². The fourth-order valence-corrected chi connectivity index (χ4v) is 2.14. The van der Waals surface area contributed by atoms with Crippen molar-refractivity contribution in [3.05, 3.63) is 62.1 Å². The molecule has 21 heavy (non-hydrogen) atoms. The largest absolute Gasteiger partial charge is 0.478 e. The van der Waals surface area contributed by atoms with Crippen LogP contribution >= 0.6 is 15.9 Å². The molecular weight excluding hydrogens is 342 g/mol. The van der Waals surface area contributed by atoms with E-state index in [1.807, 2.05) is 0 Å². The Morgan fingerprint density at radius 3 is 2.57 bits per heavy atom. The molecule has 0 aliphatic carbocycles. The van der Waals surface area contributed by atoms with Crippen LogP contribution in [-0.2, 0) is 0 Å². The minimum atomic E-state index is -1.03. The minimum Gasteiger partial charge on any atom is -0.478 e. The fraction of sp³-hybridized carbons (Fsp3) is 0.0714. The molecule has 1 N–H and O–H groups in total. The van der Waals surface area contributed by atoms with Crippen molar-refractivity contribution in [2.75, 3.05) is 0 Å². The SMILES string of the molecule is Cc1cc(Oc2ccc(Br)cc2[N+](=O)[O-])ccc1C(=O)O. The molecule has 2 aromatic carbocycles. The summed E-state index contributed by atoms with van der Waals surface area (Å²) in [6, 6.07) is 8.83. The number of hydrogen-bond acceptors (Lipinski definition) is 4. The summed E-state index contributed by atoms with van der Waals surface area (Å²) < 4.78 is 6.05. The third-order valence-corrected chi connectivity index (χ3v) is 3.27. The molecule has 0 bridgehead atoms. The maximum atomic E-state index is 11.0. The number of halogens is 1. The lowest BCUT2D eigenvalue weighted by Gasteiger charge is -2.08. The van der Waals surface area contributed by atoms with E-state index in [-0.39, 0.29) is 17.0 Å². The number of rotatable bonds is 4. The molecule has 0 saturated carbocycles. The number of aromatic carboxylic acids is 1. The zero-order valence-electron chi connectivity index (χ0n) is 10.9. The molecule has 0 saturated heterocycles. The van der Waals surface area contributed by atoms with Gasteiger partial charge in [0.05, 0.1) is 10.5 Å². The van der Waals surface area contributed by atoms with Gasteiger partial charge in [0.25, 0.3) is 0 Å². The van der Waals surface area contributed by atoms with E-state index >= 15 is 0 Å². The first-order valence-corrected chi connectivity index (χ1v) is 6.63. The standard InChI is InChI=1S/C14H10BrNO5/c1-8-6-10(3-4-11(8)14(17)18)21-13-5-2-9(15)7-12(13)16(19)20/h2-7H,1H3,(H,17,18). The highest BCUT2D eigenvalue weighted by Crippen LogP contribution is 2.34. The van der Waals surface area contributed by atoms with Crippen LogP contribution in [0.15, 0.2) is 40.9 Å². The van der Waals surface area contributed by atoms with Gasteiger partial charge in [-0.15, -0.1) is 0 Å². The van der Waals surface area contributed by atoms with Crippen molar-refractivity contribution in [3.63, 3.8) is 0 Å². The maximum absolute atomic E-state index is 11.0. The minimum absolute atomic E-state index is 0.0886. The molecule has 6 nitrogen and oxygen atoms in total. The van der Waals surface area contributed by atoms with Crippen molar-refractivity contribution < 1.29 is 19.6 Å². The third kappa shape index (κ3) is 3.38. The summed E-state index contributed by atoms with van der Waals surface area (Å²) in [5.74, 6) is -0.609. The Balaban J connectivity index is 2.37. The van der Waals surface area contributed by atoms with Crippen LogP contribution in [0.5, 0.6) is 11.5 Å². The van der Waals surface area contributed by atoms with Crippen LogP contribution in [0.4, 0.5) is 5.69 Å². The Bertz CT molecular complexity index is 729. The summed E-state index contributed by atoms with van der Waals surface area (Å²) in [4.78, 5) is 21.4. The predicted molar refractivity (Wildman–Crippen MR) is 79.0 cm³/mol. The molecule has 0 atom stereocenters. The lowest BCUT2D eigenvalue weighted by atomic mass is 10.1. The van der Waals surface area contributed by atoms with Crippen molar-refractivity contribution in [1.29, 1.82) is 0 Å². The number of carboxylic acid groups (broad SMARTS) is 1. The number of ether oxygens (including phenoxy) is 1. The summed E-state index contributed by atoms with van der Waals surface area (Å²) in [6.45, 7) is 1.63. The van der Waals surface area contributed by atoms with Crippen LogP contribution in [0, 0.1) is 17.0 Å². The Morgan fingerprint density at radius 1 is 1.29 bits per heavy atom. The van der Waals surface area contributed by atoms with Crippen LogP contribution in [0.1, 0.15) is 15.9 Å². The van der Waals surface area contributed by atoms with Gasteiger partial charge in [0, 0.05) is 10.5 Å². The third-order valence-electron chi connectivity index (χ3n) is 2.77. The smallest absolute Gasteiger partial charge is 0.335 e. The highest BCUT2D eigenvalue weighted by atomic mass is 79.9. The second kappa shape index (κ2) is 5.92. The second-order valence-electron chi connectivity index (χ2n) is 4.25. The number of benzene rings is 2. The Labute approximate surface area is 128 Å². The summed E-state index contributed by atoms with van der Waals surface area (Å²) in [5, 5.41) is 20.0. The molecule has 0 spiro atoms. The summed E-state index contributed by atoms with van der Waals surface area (Å²) in [7, 11) is 0. The van der Waals surface area contributed by atoms with Gasteiger partial charge in [0.2, 0.25) is 5.75 Å². The normalized spacial score (nSPS) is 10.2. The number of carboxylic acids is 1. The lowest BCUT2D eigenvalue weighted by Crippen LogP contribution is -2.00. The second-order valence-corrected chi connectivity index (χ2v) is 5.17. The molecule has 0 unspecified atom stereocenters. The van der Waals surface area contributed by atoms with Crippen LogP contribution < -0.4 is 4.74 Å². The van der Waals surface area contributed by atoms with E-state index < -0.39 is 10.9 Å². The van der Waals surface area contributed by atoms with Gasteiger partial charge < -0.3 is 9.84 Å². The molecular formula is C14H10BrNO5. The molecule has 0 amide bonds. The van der Waals surface area contributed by atoms with Gasteiger partial charge in [-0.3, -0.25) is 10.1 Å². The molecule has 0 aliphatic rings. The molecule has 0 radical (unpaired) electrons. The Morgan fingerprint density at radius 2 is 2.00 bits per heavy atom. The number of nitro benzene ring substituents is 1. The topological polar surface area (TPSA) is 89.7 Å². The Kier molecular flexibility index (Phi) is 4.23. The van der Waals surface area contributed by atoms with Gasteiger partial charge in [-0.1, -0.05) is 15.9 Å². The van der Waals surface area contributed by atoms with Gasteiger partial charge in [0.1, 0.15) is 5.75 Å². The molecule has 2 aromatic rings. The predicted octanol–water partition coefficient (Wildman–Crippen LogP) is 4.16. The molecule has 0 fully saturated rings. The lowest BCUT2D eigenvalue weighted by molar-refractivity contribution is -0.385. The zero-order chi connectivity index (χ0) is 15.6. The highest BCUT2D eigenvalue weighted by Gasteiger charge is 2.17. The van der Waals surface area contributed by atoms with Gasteiger partial charge >= 0.3 is 11.7 Å². The van der Waals surface area contributed by atoms with E-state index in [0.717, 1.165) is 0 Å². The van der Waals surface area contributed by atoms with E-state index in [1.54, 1.807) is 13.0 Å². The van der Waals surface area contributed by atoms with Gasteiger partial charge in [-0.05, 0) is 42.8 Å². The molecule has 7 heteroatoms. The molecule has 108 valence electrons. The molecule has 0 aromatic heterocycles. The quantitative estimate of drug-likeness (QED) is 0.659. The highest BCUT2D eigenvalue weighted by molar-refractivity contribution is 9.10. The Hall–Kier alpha value is -2.41. The van der Waals surface area contributed by atoms with Crippen LogP contribution in [0.25, 0.3) is 0 Å². The van der Waals surface area contributed by atoms with E-state index in [2.05, 4.69) is 15.9 Å². The summed E-state index contributed by atoms with van der Waals surface area (Å²) in [6.07, 6.45) is 0. The van der Waals surface area contributed by atoms with E-state index in [1.165, 1.54) is 30.3 Å². The van der Waals surface area contributed by atoms with Crippen molar-refractivity contribution in [1.82, 2.24) is 0 Å². The molecule has 0 aliphatic heterocycles. The number of hydrogen-bond donors (Lipinski definition) is 1. The van der Waals surface area contributed by atoms with Gasteiger partial charge in [0.15, 0.2) is 0 Å².